The quantitative estimate of drug-likeness (QED) is 0.586. The number of hydrogen-bond donors (Lipinski definition) is 2. The van der Waals surface area contributed by atoms with Crippen molar-refractivity contribution in [3.63, 3.8) is 0 Å². The number of fused-ring (bicyclic) bond motifs is 1. The van der Waals surface area contributed by atoms with E-state index < -0.39 is 29.2 Å². The summed E-state index contributed by atoms with van der Waals surface area (Å²) in [6.45, 7) is 0. The number of hydrogen-bond acceptors (Lipinski definition) is 2. The number of carbonyl (C=O) groups is 2. The first-order valence-electron chi connectivity index (χ1n) is 7.09. The second-order valence-electron chi connectivity index (χ2n) is 5.24. The van der Waals surface area contributed by atoms with Gasteiger partial charge in [0.05, 0.1) is 5.56 Å². The van der Waals surface area contributed by atoms with Gasteiger partial charge in [0.1, 0.15) is 0 Å². The third kappa shape index (κ3) is 3.39. The molecule has 3 rings (SSSR count). The first kappa shape index (κ1) is 17.1. The van der Waals surface area contributed by atoms with Gasteiger partial charge in [-0.1, -0.05) is 29.8 Å². The van der Waals surface area contributed by atoms with E-state index in [4.69, 9.17) is 11.6 Å². The van der Waals surface area contributed by atoms with Crippen molar-refractivity contribution in [1.29, 1.82) is 0 Å². The number of benzene rings is 2. The minimum Gasteiger partial charge on any atom is -0.306 e. The molecule has 1 atom stereocenters. The maximum Gasteiger partial charge on any atom is 0.416 e. The zero-order chi connectivity index (χ0) is 18.2. The normalized spacial score (nSPS) is 16.9. The van der Waals surface area contributed by atoms with E-state index in [1.807, 2.05) is 0 Å². The van der Waals surface area contributed by atoms with Crippen LogP contribution in [0.5, 0.6) is 0 Å². The molecule has 3 amide bonds. The minimum atomic E-state index is -4.46. The Morgan fingerprint density at radius 3 is 2.40 bits per heavy atom. The fourth-order valence-electron chi connectivity index (χ4n) is 2.36. The van der Waals surface area contributed by atoms with Crippen LogP contribution in [0.4, 0.5) is 23.7 Å². The molecule has 0 fully saturated rings. The maximum absolute atomic E-state index is 12.5. The van der Waals surface area contributed by atoms with Crippen LogP contribution in [-0.4, -0.2) is 16.9 Å². The van der Waals surface area contributed by atoms with Gasteiger partial charge in [-0.2, -0.15) is 13.2 Å². The second kappa shape index (κ2) is 6.29. The van der Waals surface area contributed by atoms with Crippen LogP contribution >= 0.6 is 11.6 Å². The van der Waals surface area contributed by atoms with Gasteiger partial charge in [0, 0.05) is 16.8 Å². The summed E-state index contributed by atoms with van der Waals surface area (Å²) < 4.78 is 37.6. The van der Waals surface area contributed by atoms with E-state index in [2.05, 4.69) is 10.7 Å². The summed E-state index contributed by atoms with van der Waals surface area (Å²) in [6, 6.07) is 9.68. The van der Waals surface area contributed by atoms with Gasteiger partial charge < -0.3 is 5.32 Å². The summed E-state index contributed by atoms with van der Waals surface area (Å²) in [5, 5.41) is 3.27. The molecule has 0 saturated heterocycles. The number of nitrogens with one attached hydrogen (secondary N) is 2. The Balaban J connectivity index is 1.77. The predicted molar refractivity (Wildman–Crippen MR) is 84.8 cm³/mol. The van der Waals surface area contributed by atoms with Crippen LogP contribution in [0.3, 0.4) is 0 Å². The van der Waals surface area contributed by atoms with E-state index in [0.29, 0.717) is 11.1 Å². The lowest BCUT2D eigenvalue weighted by atomic mass is 10.1. The van der Waals surface area contributed by atoms with Gasteiger partial charge in [0.2, 0.25) is 0 Å². The molecule has 0 aliphatic carbocycles. The van der Waals surface area contributed by atoms with Crippen molar-refractivity contribution in [1.82, 2.24) is 10.4 Å². The molecule has 0 bridgehead atoms. The van der Waals surface area contributed by atoms with Crippen molar-refractivity contribution in [2.24, 2.45) is 0 Å². The molecule has 5 nitrogen and oxygen atoms in total. The van der Waals surface area contributed by atoms with Gasteiger partial charge in [-0.25, -0.2) is 9.80 Å². The first-order valence-corrected chi connectivity index (χ1v) is 7.52. The highest BCUT2D eigenvalue weighted by atomic mass is 35.5. The Bertz CT molecular complexity index is 824. The van der Waals surface area contributed by atoms with Crippen molar-refractivity contribution >= 4 is 29.2 Å². The number of anilines is 1. The average molecular weight is 370 g/mol. The molecule has 130 valence electrons. The Kier molecular flexibility index (Phi) is 4.30. The third-order valence-electron chi connectivity index (χ3n) is 3.59. The lowest BCUT2D eigenvalue weighted by Crippen LogP contribution is -2.52. The van der Waals surface area contributed by atoms with Crippen molar-refractivity contribution in [3.8, 4) is 0 Å². The van der Waals surface area contributed by atoms with Crippen LogP contribution in [0.1, 0.15) is 27.0 Å². The highest BCUT2D eigenvalue weighted by molar-refractivity contribution is 6.23. The molecule has 0 saturated carbocycles. The highest BCUT2D eigenvalue weighted by Gasteiger charge is 2.34. The molecule has 0 radical (unpaired) electrons. The average Bonchev–Trinajstić information content (AvgIpc) is 2.58. The molecule has 1 aliphatic heterocycles. The monoisotopic (exact) mass is 369 g/mol. The highest BCUT2D eigenvalue weighted by Crippen LogP contribution is 2.32. The fourth-order valence-corrected chi connectivity index (χ4v) is 2.68. The lowest BCUT2D eigenvalue weighted by Gasteiger charge is -2.33. The maximum atomic E-state index is 12.5. The van der Waals surface area contributed by atoms with Crippen molar-refractivity contribution in [2.75, 3.05) is 5.32 Å². The molecule has 0 aromatic heterocycles. The molecule has 1 heterocycles. The third-order valence-corrected chi connectivity index (χ3v) is 4.02. The number of hydrazine groups is 1. The smallest absolute Gasteiger partial charge is 0.306 e. The van der Waals surface area contributed by atoms with Crippen LogP contribution in [0.25, 0.3) is 0 Å². The number of alkyl halides is 4. The van der Waals surface area contributed by atoms with Gasteiger partial charge in [-0.3, -0.25) is 10.2 Å². The van der Waals surface area contributed by atoms with E-state index in [1.54, 1.807) is 24.3 Å². The zero-order valence-corrected chi connectivity index (χ0v) is 13.2. The van der Waals surface area contributed by atoms with Gasteiger partial charge in [0.25, 0.3) is 5.91 Å². The zero-order valence-electron chi connectivity index (χ0n) is 12.5. The van der Waals surface area contributed by atoms with Gasteiger partial charge in [0.15, 0.2) is 5.50 Å². The molecular formula is C16H11ClF3N3O2. The van der Waals surface area contributed by atoms with E-state index in [0.717, 1.165) is 29.3 Å². The summed E-state index contributed by atoms with van der Waals surface area (Å²) in [7, 11) is 0. The Labute approximate surface area is 145 Å². The molecule has 2 aromatic carbocycles. The number of halogens is 4. The largest absolute Gasteiger partial charge is 0.416 e. The van der Waals surface area contributed by atoms with Gasteiger partial charge >= 0.3 is 12.2 Å². The van der Waals surface area contributed by atoms with E-state index in [-0.39, 0.29) is 5.69 Å². The molecule has 0 spiro atoms. The number of carbonyl (C=O) groups excluding carboxylic acids is 2. The standard InChI is InChI=1S/C16H11ClF3N3O2/c17-13-11-3-1-2-4-12(11)14(24)22-23(13)15(25)21-10-7-5-9(6-8-10)16(18,19)20/h1-8,13H,(H,21,25)(H,22,24). The van der Waals surface area contributed by atoms with Gasteiger partial charge in [-0.05, 0) is 30.3 Å². The Morgan fingerprint density at radius 2 is 1.76 bits per heavy atom. The molecular weight excluding hydrogens is 359 g/mol. The molecule has 1 unspecified atom stereocenters. The van der Waals surface area contributed by atoms with E-state index >= 15 is 0 Å². The van der Waals surface area contributed by atoms with E-state index in [1.165, 1.54) is 0 Å². The lowest BCUT2D eigenvalue weighted by molar-refractivity contribution is -0.137. The van der Waals surface area contributed by atoms with Crippen LogP contribution < -0.4 is 10.7 Å². The second-order valence-corrected chi connectivity index (χ2v) is 5.65. The summed E-state index contributed by atoms with van der Waals surface area (Å²) in [5.74, 6) is -0.505. The van der Waals surface area contributed by atoms with Crippen LogP contribution in [0.2, 0.25) is 0 Å². The minimum absolute atomic E-state index is 0.134. The summed E-state index contributed by atoms with van der Waals surface area (Å²) in [6.07, 6.45) is -4.46. The van der Waals surface area contributed by atoms with E-state index in [9.17, 15) is 22.8 Å². The van der Waals surface area contributed by atoms with Crippen LogP contribution in [0, 0.1) is 0 Å². The van der Waals surface area contributed by atoms with Crippen LogP contribution in [-0.2, 0) is 6.18 Å². The number of amides is 3. The first-order chi connectivity index (χ1) is 11.8. The molecule has 9 heteroatoms. The molecule has 2 N–H and O–H groups in total. The fraction of sp³-hybridized carbons (Fsp3) is 0.125. The van der Waals surface area contributed by atoms with Crippen molar-refractivity contribution in [3.05, 3.63) is 65.2 Å². The number of nitrogens with zero attached hydrogens (tertiary/aromatic N) is 1. The predicted octanol–water partition coefficient (Wildman–Crippen LogP) is 4.14. The SMILES string of the molecule is O=C1NN(C(=O)Nc2ccc(C(F)(F)F)cc2)C(Cl)c2ccccc21. The van der Waals surface area contributed by atoms with Crippen molar-refractivity contribution in [2.45, 2.75) is 11.7 Å². The van der Waals surface area contributed by atoms with Crippen molar-refractivity contribution < 1.29 is 22.8 Å². The Morgan fingerprint density at radius 1 is 1.12 bits per heavy atom. The number of rotatable bonds is 1. The summed E-state index contributed by atoms with van der Waals surface area (Å²) >= 11 is 6.23. The van der Waals surface area contributed by atoms with Gasteiger partial charge in [-0.15, -0.1) is 0 Å². The summed E-state index contributed by atoms with van der Waals surface area (Å²) in [4.78, 5) is 24.3. The Hall–Kier alpha value is -2.74. The summed E-state index contributed by atoms with van der Waals surface area (Å²) in [5.41, 5.74) is 1.50. The number of urea groups is 1. The molecule has 2 aromatic rings. The topological polar surface area (TPSA) is 61.4 Å². The van der Waals surface area contributed by atoms with Crippen LogP contribution in [0.15, 0.2) is 48.5 Å². The molecule has 1 aliphatic rings. The molecule has 25 heavy (non-hydrogen) atoms.